The Hall–Kier alpha value is -2.85. The van der Waals surface area contributed by atoms with Crippen LogP contribution in [0.5, 0.6) is 0 Å². The van der Waals surface area contributed by atoms with Crippen LogP contribution in [-0.2, 0) is 14.6 Å². The number of rotatable bonds is 6. The molecule has 1 atom stereocenters. The monoisotopic (exact) mass is 406 g/mol. The van der Waals surface area contributed by atoms with Gasteiger partial charge in [0.15, 0.2) is 9.84 Å². The van der Waals surface area contributed by atoms with Crippen molar-refractivity contribution in [1.29, 1.82) is 0 Å². The van der Waals surface area contributed by atoms with Crippen molar-refractivity contribution in [2.24, 2.45) is 0 Å². The number of carbonyl (C=O) groups excluding carboxylic acids is 2. The molecule has 150 valence electrons. The first-order chi connectivity index (χ1) is 13.0. The van der Waals surface area contributed by atoms with E-state index in [9.17, 15) is 18.0 Å². The van der Waals surface area contributed by atoms with E-state index in [0.717, 1.165) is 6.26 Å². The van der Waals surface area contributed by atoms with Crippen LogP contribution in [0.4, 0.5) is 0 Å². The zero-order valence-electron chi connectivity index (χ0n) is 15.7. The molecule has 1 aromatic carbocycles. The number of carbonyl (C=O) groups is 2. The predicted molar refractivity (Wildman–Crippen MR) is 103 cm³/mol. The van der Waals surface area contributed by atoms with Crippen LogP contribution < -0.4 is 10.8 Å². The average Bonchev–Trinajstić information content (AvgIpc) is 2.64. The molecule has 0 saturated carbocycles. The van der Waals surface area contributed by atoms with Crippen molar-refractivity contribution in [3.63, 3.8) is 0 Å². The highest BCUT2D eigenvalue weighted by molar-refractivity contribution is 7.92. The third-order valence-electron chi connectivity index (χ3n) is 4.04. The molecule has 0 fully saturated rings. The van der Waals surface area contributed by atoms with Gasteiger partial charge in [0.25, 0.3) is 11.8 Å². The van der Waals surface area contributed by atoms with Crippen molar-refractivity contribution < 1.29 is 28.3 Å². The van der Waals surface area contributed by atoms with Crippen LogP contribution in [-0.4, -0.2) is 54.2 Å². The number of aliphatic hydroxyl groups is 1. The van der Waals surface area contributed by atoms with Gasteiger partial charge in [0.05, 0.1) is 11.4 Å². The van der Waals surface area contributed by atoms with Gasteiger partial charge >= 0.3 is 0 Å². The zero-order chi connectivity index (χ0) is 21.4. The van der Waals surface area contributed by atoms with Gasteiger partial charge < -0.3 is 10.4 Å². The van der Waals surface area contributed by atoms with E-state index in [2.05, 4.69) is 29.0 Å². The van der Waals surface area contributed by atoms with Crippen LogP contribution in [0.15, 0.2) is 24.3 Å². The van der Waals surface area contributed by atoms with Gasteiger partial charge in [0.2, 0.25) is 0 Å². The van der Waals surface area contributed by atoms with Gasteiger partial charge in [0, 0.05) is 23.8 Å². The Kier molecular flexibility index (Phi) is 8.20. The molecule has 9 heteroatoms. The first-order valence-electron chi connectivity index (χ1n) is 8.18. The minimum Gasteiger partial charge on any atom is -0.395 e. The van der Waals surface area contributed by atoms with Crippen molar-refractivity contribution in [1.82, 2.24) is 10.8 Å². The van der Waals surface area contributed by atoms with E-state index in [0.29, 0.717) is 12.0 Å². The molecule has 0 aliphatic carbocycles. The Morgan fingerprint density at radius 2 is 1.79 bits per heavy atom. The second kappa shape index (κ2) is 9.90. The molecule has 28 heavy (non-hydrogen) atoms. The summed E-state index contributed by atoms with van der Waals surface area (Å²) in [4.78, 5) is 24.4. The van der Waals surface area contributed by atoms with Crippen molar-refractivity contribution in [3.05, 3.63) is 35.4 Å². The van der Waals surface area contributed by atoms with Gasteiger partial charge in [-0.2, -0.15) is 0 Å². The summed E-state index contributed by atoms with van der Waals surface area (Å²) in [6, 6.07) is 4.54. The largest absolute Gasteiger partial charge is 0.395 e. The summed E-state index contributed by atoms with van der Waals surface area (Å²) in [5, 5.41) is 19.9. The third kappa shape index (κ3) is 6.10. The number of hydrogen-bond donors (Lipinski definition) is 4. The summed E-state index contributed by atoms with van der Waals surface area (Å²) in [6.07, 6.45) is 1.27. The number of nitrogens with one attached hydrogen (secondary N) is 2. The highest BCUT2D eigenvalue weighted by atomic mass is 32.2. The number of amides is 2. The normalized spacial score (nSPS) is 11.9. The fraction of sp³-hybridized carbons (Fsp3) is 0.368. The Bertz CT molecular complexity index is 944. The van der Waals surface area contributed by atoms with Crippen LogP contribution in [0, 0.1) is 23.7 Å². The Balaban J connectivity index is 3.01. The Morgan fingerprint density at radius 1 is 1.18 bits per heavy atom. The highest BCUT2D eigenvalue weighted by Gasteiger charge is 2.44. The smallest absolute Gasteiger partial charge is 0.267 e. The lowest BCUT2D eigenvalue weighted by Crippen LogP contribution is -2.60. The van der Waals surface area contributed by atoms with Crippen molar-refractivity contribution in [2.45, 2.75) is 31.1 Å². The first-order valence-corrected chi connectivity index (χ1v) is 10.1. The molecule has 2 amide bonds. The SMILES string of the molecule is CC(C)(C(NC(=O)c1ccc(C#CC#CCCO)cc1)C(=O)NO)S(C)(=O)=O. The number of sulfone groups is 1. The third-order valence-corrected chi connectivity index (χ3v) is 6.19. The number of hydrogen-bond acceptors (Lipinski definition) is 6. The molecular weight excluding hydrogens is 384 g/mol. The van der Waals surface area contributed by atoms with Gasteiger partial charge in [-0.3, -0.25) is 14.8 Å². The van der Waals surface area contributed by atoms with Crippen LogP contribution in [0.1, 0.15) is 36.2 Å². The molecule has 0 radical (unpaired) electrons. The topological polar surface area (TPSA) is 133 Å². The molecule has 1 rings (SSSR count). The number of benzene rings is 1. The fourth-order valence-electron chi connectivity index (χ4n) is 2.02. The van der Waals surface area contributed by atoms with Crippen LogP contribution >= 0.6 is 0 Å². The quantitative estimate of drug-likeness (QED) is 0.295. The number of aliphatic hydroxyl groups excluding tert-OH is 1. The Labute approximate surface area is 164 Å². The molecule has 1 aromatic rings. The van der Waals surface area contributed by atoms with Gasteiger partial charge in [0.1, 0.15) is 6.04 Å². The van der Waals surface area contributed by atoms with Gasteiger partial charge in [-0.25, -0.2) is 13.9 Å². The maximum Gasteiger partial charge on any atom is 0.267 e. The summed E-state index contributed by atoms with van der Waals surface area (Å²) in [5.41, 5.74) is 2.15. The molecule has 8 nitrogen and oxygen atoms in total. The summed E-state index contributed by atoms with van der Waals surface area (Å²) >= 11 is 0. The van der Waals surface area contributed by atoms with E-state index in [-0.39, 0.29) is 12.2 Å². The predicted octanol–water partition coefficient (Wildman–Crippen LogP) is -0.149. The summed E-state index contributed by atoms with van der Waals surface area (Å²) < 4.78 is 22.3. The summed E-state index contributed by atoms with van der Waals surface area (Å²) in [7, 11) is -3.74. The molecule has 0 spiro atoms. The number of hydroxylamine groups is 1. The van der Waals surface area contributed by atoms with Gasteiger partial charge in [-0.1, -0.05) is 11.8 Å². The maximum atomic E-state index is 12.4. The second-order valence-electron chi connectivity index (χ2n) is 6.36. The average molecular weight is 406 g/mol. The minimum atomic E-state index is -3.74. The molecule has 0 heterocycles. The lowest BCUT2D eigenvalue weighted by atomic mass is 10.0. The molecular formula is C19H22N2O6S. The lowest BCUT2D eigenvalue weighted by molar-refractivity contribution is -0.131. The maximum absolute atomic E-state index is 12.4. The molecule has 0 bridgehead atoms. The van der Waals surface area contributed by atoms with E-state index in [4.69, 9.17) is 10.3 Å². The summed E-state index contributed by atoms with van der Waals surface area (Å²) in [6.45, 7) is 2.52. The highest BCUT2D eigenvalue weighted by Crippen LogP contribution is 2.21. The Morgan fingerprint density at radius 3 is 2.29 bits per heavy atom. The van der Waals surface area contributed by atoms with Crippen LogP contribution in [0.3, 0.4) is 0 Å². The molecule has 1 unspecified atom stereocenters. The van der Waals surface area contributed by atoms with E-state index < -0.39 is 32.4 Å². The first kappa shape index (κ1) is 23.2. The van der Waals surface area contributed by atoms with E-state index in [1.165, 1.54) is 31.5 Å². The molecule has 0 aliphatic heterocycles. The van der Waals surface area contributed by atoms with E-state index in [1.54, 1.807) is 12.1 Å². The van der Waals surface area contributed by atoms with Gasteiger partial charge in [-0.05, 0) is 50.0 Å². The molecule has 4 N–H and O–H groups in total. The van der Waals surface area contributed by atoms with E-state index >= 15 is 0 Å². The minimum absolute atomic E-state index is 0.0378. The standard InChI is InChI=1S/C19H22N2O6S/c1-19(2,28(3,26)27)16(18(24)21-25)20-17(23)15-11-9-14(10-12-15)8-6-4-5-7-13-22/h9-12,16,22,25H,7,13H2,1-3H3,(H,20,23)(H,21,24). The molecule has 0 aromatic heterocycles. The van der Waals surface area contributed by atoms with Crippen molar-refractivity contribution >= 4 is 21.7 Å². The summed E-state index contributed by atoms with van der Waals surface area (Å²) in [5.74, 6) is 8.87. The zero-order valence-corrected chi connectivity index (χ0v) is 16.6. The van der Waals surface area contributed by atoms with E-state index in [1.807, 2.05) is 0 Å². The van der Waals surface area contributed by atoms with Crippen molar-refractivity contribution in [2.75, 3.05) is 12.9 Å². The second-order valence-corrected chi connectivity index (χ2v) is 8.96. The van der Waals surface area contributed by atoms with Gasteiger partial charge in [-0.15, -0.1) is 0 Å². The molecule has 0 aliphatic rings. The van der Waals surface area contributed by atoms with Crippen molar-refractivity contribution in [3.8, 4) is 23.7 Å². The van der Waals surface area contributed by atoms with Crippen LogP contribution in [0.25, 0.3) is 0 Å². The molecule has 0 saturated heterocycles. The lowest BCUT2D eigenvalue weighted by Gasteiger charge is -2.31. The van der Waals surface area contributed by atoms with Crippen LogP contribution in [0.2, 0.25) is 0 Å². The fourth-order valence-corrected chi connectivity index (χ4v) is 2.61.